The second kappa shape index (κ2) is 9.76. The van der Waals surface area contributed by atoms with Crippen LogP contribution >= 0.6 is 0 Å². The normalized spacial score (nSPS) is 17.9. The Balaban J connectivity index is 1.80. The van der Waals surface area contributed by atoms with Gasteiger partial charge < -0.3 is 15.0 Å². The molecule has 0 saturated carbocycles. The molecular weight excluding hydrogens is 384 g/mol. The zero-order chi connectivity index (χ0) is 22.6. The first-order chi connectivity index (χ1) is 14.6. The average Bonchev–Trinajstić information content (AvgIpc) is 2.67. The van der Waals surface area contributed by atoms with Crippen LogP contribution in [0.15, 0.2) is 42.5 Å². The summed E-state index contributed by atoms with van der Waals surface area (Å²) in [5, 5.41) is 3.04. The Morgan fingerprint density at radius 1 is 1.13 bits per heavy atom. The summed E-state index contributed by atoms with van der Waals surface area (Å²) >= 11 is 0. The van der Waals surface area contributed by atoms with Crippen molar-refractivity contribution < 1.29 is 9.53 Å². The van der Waals surface area contributed by atoms with Gasteiger partial charge in [0.2, 0.25) is 0 Å². The van der Waals surface area contributed by atoms with E-state index in [0.717, 1.165) is 25.9 Å². The molecule has 1 fully saturated rings. The number of carbonyl (C=O) groups excluding carboxylic acids is 1. The van der Waals surface area contributed by atoms with Gasteiger partial charge in [0.1, 0.15) is 5.60 Å². The Kier molecular flexibility index (Phi) is 7.30. The van der Waals surface area contributed by atoms with E-state index in [2.05, 4.69) is 67.4 Å². The zero-order valence-corrected chi connectivity index (χ0v) is 20.0. The summed E-state index contributed by atoms with van der Waals surface area (Å²) < 4.78 is 5.48. The van der Waals surface area contributed by atoms with Crippen molar-refractivity contribution in [1.29, 1.82) is 0 Å². The summed E-state index contributed by atoms with van der Waals surface area (Å²) in [6.45, 7) is 15.0. The number of benzene rings is 2. The standard InChI is InChI=1S/C27H38N2O2/c1-19-15-20(2)25(21(3)16-19)29-14-10-13-23(18-29)24(22-11-8-7-9-12-22)17-28-26(30)31-27(4,5)6/h7-9,11-12,15-16,23-24H,10,13-14,17-18H2,1-6H3,(H,28,30). The van der Waals surface area contributed by atoms with Crippen LogP contribution in [0.3, 0.4) is 0 Å². The van der Waals surface area contributed by atoms with Crippen LogP contribution in [0.1, 0.15) is 61.8 Å². The number of nitrogens with zero attached hydrogens (tertiary/aromatic N) is 1. The lowest BCUT2D eigenvalue weighted by Gasteiger charge is -2.40. The van der Waals surface area contributed by atoms with Crippen molar-refractivity contribution in [3.8, 4) is 0 Å². The third-order valence-electron chi connectivity index (χ3n) is 6.07. The Labute approximate surface area is 188 Å². The number of ether oxygens (including phenoxy) is 1. The number of carbonyl (C=O) groups is 1. The van der Waals surface area contributed by atoms with Gasteiger partial charge in [-0.05, 0) is 77.0 Å². The van der Waals surface area contributed by atoms with Gasteiger partial charge in [0.15, 0.2) is 0 Å². The van der Waals surface area contributed by atoms with Gasteiger partial charge in [-0.25, -0.2) is 4.79 Å². The number of piperidine rings is 1. The minimum atomic E-state index is -0.492. The largest absolute Gasteiger partial charge is 0.444 e. The predicted octanol–water partition coefficient (Wildman–Crippen LogP) is 6.14. The van der Waals surface area contributed by atoms with Gasteiger partial charge in [-0.1, -0.05) is 48.0 Å². The topological polar surface area (TPSA) is 41.6 Å². The molecule has 2 unspecified atom stereocenters. The SMILES string of the molecule is Cc1cc(C)c(N2CCCC(C(CNC(=O)OC(C)(C)C)c3ccccc3)C2)c(C)c1. The zero-order valence-electron chi connectivity index (χ0n) is 20.0. The smallest absolute Gasteiger partial charge is 0.407 e. The number of hydrogen-bond donors (Lipinski definition) is 1. The summed E-state index contributed by atoms with van der Waals surface area (Å²) in [6, 6.07) is 15.2. The third kappa shape index (κ3) is 6.25. The van der Waals surface area contributed by atoms with Gasteiger partial charge in [-0.3, -0.25) is 0 Å². The van der Waals surface area contributed by atoms with Crippen molar-refractivity contribution in [3.05, 3.63) is 64.7 Å². The number of hydrogen-bond acceptors (Lipinski definition) is 3. The molecular formula is C27H38N2O2. The lowest BCUT2D eigenvalue weighted by molar-refractivity contribution is 0.0520. The van der Waals surface area contributed by atoms with E-state index in [0.29, 0.717) is 12.5 Å². The molecule has 4 heteroatoms. The van der Waals surface area contributed by atoms with E-state index >= 15 is 0 Å². The van der Waals surface area contributed by atoms with Gasteiger partial charge in [-0.15, -0.1) is 0 Å². The fraction of sp³-hybridized carbons (Fsp3) is 0.519. The van der Waals surface area contributed by atoms with Crippen LogP contribution in [0.5, 0.6) is 0 Å². The van der Waals surface area contributed by atoms with E-state index in [1.54, 1.807) is 0 Å². The highest BCUT2D eigenvalue weighted by atomic mass is 16.6. The molecule has 1 amide bonds. The van der Waals surface area contributed by atoms with Gasteiger partial charge in [0.05, 0.1) is 0 Å². The molecule has 0 bridgehead atoms. The fourth-order valence-corrected chi connectivity index (χ4v) is 4.98. The molecule has 1 N–H and O–H groups in total. The van der Waals surface area contributed by atoms with Crippen molar-refractivity contribution in [2.24, 2.45) is 5.92 Å². The van der Waals surface area contributed by atoms with E-state index in [1.165, 1.54) is 27.9 Å². The third-order valence-corrected chi connectivity index (χ3v) is 6.07. The lowest BCUT2D eigenvalue weighted by atomic mass is 9.80. The van der Waals surface area contributed by atoms with Crippen LogP contribution in [0.2, 0.25) is 0 Å². The second-order valence-corrected chi connectivity index (χ2v) is 10.00. The molecule has 2 aromatic carbocycles. The first-order valence-corrected chi connectivity index (χ1v) is 11.5. The van der Waals surface area contributed by atoms with Crippen LogP contribution in [0, 0.1) is 26.7 Å². The first-order valence-electron chi connectivity index (χ1n) is 11.5. The van der Waals surface area contributed by atoms with Crippen molar-refractivity contribution in [2.45, 2.75) is 65.9 Å². The summed E-state index contributed by atoms with van der Waals surface area (Å²) in [6.07, 6.45) is 1.98. The minimum absolute atomic E-state index is 0.252. The molecule has 0 aliphatic carbocycles. The van der Waals surface area contributed by atoms with Crippen molar-refractivity contribution in [1.82, 2.24) is 5.32 Å². The van der Waals surface area contributed by atoms with Crippen LogP contribution in [-0.2, 0) is 4.74 Å². The van der Waals surface area contributed by atoms with Crippen LogP contribution in [0.25, 0.3) is 0 Å². The molecule has 3 rings (SSSR count). The van der Waals surface area contributed by atoms with Gasteiger partial charge in [-0.2, -0.15) is 0 Å². The first kappa shape index (κ1) is 23.2. The number of aryl methyl sites for hydroxylation is 3. The van der Waals surface area contributed by atoms with Crippen molar-refractivity contribution in [2.75, 3.05) is 24.5 Å². The van der Waals surface area contributed by atoms with Crippen molar-refractivity contribution >= 4 is 11.8 Å². The Morgan fingerprint density at radius 2 is 1.77 bits per heavy atom. The van der Waals surface area contributed by atoms with E-state index in [1.807, 2.05) is 26.8 Å². The molecule has 0 spiro atoms. The summed E-state index contributed by atoms with van der Waals surface area (Å²) in [4.78, 5) is 14.9. The number of amides is 1. The van der Waals surface area contributed by atoms with Crippen LogP contribution in [-0.4, -0.2) is 31.3 Å². The molecule has 168 valence electrons. The van der Waals surface area contributed by atoms with Crippen LogP contribution in [0.4, 0.5) is 10.5 Å². The maximum absolute atomic E-state index is 12.3. The quantitative estimate of drug-likeness (QED) is 0.629. The fourth-order valence-electron chi connectivity index (χ4n) is 4.98. The van der Waals surface area contributed by atoms with E-state index in [4.69, 9.17) is 4.74 Å². The minimum Gasteiger partial charge on any atom is -0.444 e. The highest BCUT2D eigenvalue weighted by molar-refractivity contribution is 5.67. The molecule has 0 radical (unpaired) electrons. The maximum atomic E-state index is 12.3. The van der Waals surface area contributed by atoms with Gasteiger partial charge >= 0.3 is 6.09 Å². The van der Waals surface area contributed by atoms with Gasteiger partial charge in [0.25, 0.3) is 0 Å². The predicted molar refractivity (Wildman–Crippen MR) is 129 cm³/mol. The number of nitrogens with one attached hydrogen (secondary N) is 1. The van der Waals surface area contributed by atoms with E-state index in [9.17, 15) is 4.79 Å². The summed E-state index contributed by atoms with van der Waals surface area (Å²) in [5.74, 6) is 0.716. The highest BCUT2D eigenvalue weighted by Crippen LogP contribution is 2.36. The second-order valence-electron chi connectivity index (χ2n) is 10.00. The van der Waals surface area contributed by atoms with E-state index in [-0.39, 0.29) is 12.0 Å². The molecule has 1 aliphatic rings. The molecule has 1 saturated heterocycles. The highest BCUT2D eigenvalue weighted by Gasteiger charge is 2.30. The van der Waals surface area contributed by atoms with E-state index < -0.39 is 5.60 Å². The van der Waals surface area contributed by atoms with Crippen molar-refractivity contribution in [3.63, 3.8) is 0 Å². The molecule has 1 aliphatic heterocycles. The molecule has 1 heterocycles. The molecule has 2 aromatic rings. The Morgan fingerprint density at radius 3 is 2.39 bits per heavy atom. The Bertz CT molecular complexity index is 863. The molecule has 0 aromatic heterocycles. The lowest BCUT2D eigenvalue weighted by Crippen LogP contribution is -2.42. The molecule has 4 nitrogen and oxygen atoms in total. The maximum Gasteiger partial charge on any atom is 0.407 e. The average molecular weight is 423 g/mol. The van der Waals surface area contributed by atoms with Crippen LogP contribution < -0.4 is 10.2 Å². The Hall–Kier alpha value is -2.49. The number of alkyl carbamates (subject to hydrolysis) is 1. The summed E-state index contributed by atoms with van der Waals surface area (Å²) in [5.41, 5.74) is 6.18. The monoisotopic (exact) mass is 422 g/mol. The molecule has 2 atom stereocenters. The van der Waals surface area contributed by atoms with Gasteiger partial charge in [0, 0.05) is 31.2 Å². The summed E-state index contributed by atoms with van der Waals surface area (Å²) in [7, 11) is 0. The number of anilines is 1. The number of rotatable bonds is 5. The molecule has 31 heavy (non-hydrogen) atoms.